The summed E-state index contributed by atoms with van der Waals surface area (Å²) in [5.74, 6) is 0.432. The maximum atomic E-state index is 12.7. The van der Waals surface area contributed by atoms with Crippen molar-refractivity contribution in [1.29, 1.82) is 0 Å². The smallest absolute Gasteiger partial charge is 0.253 e. The molecule has 2 fully saturated rings. The first kappa shape index (κ1) is 18.4. The van der Waals surface area contributed by atoms with Crippen LogP contribution in [-0.4, -0.2) is 55.0 Å². The van der Waals surface area contributed by atoms with Crippen molar-refractivity contribution >= 4 is 15.9 Å². The van der Waals surface area contributed by atoms with E-state index in [-0.39, 0.29) is 11.2 Å². The van der Waals surface area contributed by atoms with Crippen LogP contribution in [0.15, 0.2) is 24.3 Å². The number of hydrogen-bond donors (Lipinski definition) is 0. The van der Waals surface area contributed by atoms with E-state index in [0.717, 1.165) is 25.7 Å². The summed E-state index contributed by atoms with van der Waals surface area (Å²) in [5, 5.41) is -0.210. The zero-order chi connectivity index (χ0) is 18.0. The number of rotatable bonds is 4. The van der Waals surface area contributed by atoms with Crippen LogP contribution in [0, 0.1) is 0 Å². The lowest BCUT2D eigenvalue weighted by Gasteiger charge is -2.35. The number of nitrogens with zero attached hydrogens (tertiary/aromatic N) is 2. The van der Waals surface area contributed by atoms with Crippen LogP contribution >= 0.6 is 0 Å². The Bertz CT molecular complexity index is 699. The Morgan fingerprint density at radius 2 is 1.56 bits per heavy atom. The lowest BCUT2D eigenvalue weighted by atomic mass is 10.0. The van der Waals surface area contributed by atoms with Gasteiger partial charge in [-0.3, -0.25) is 4.79 Å². The predicted molar refractivity (Wildman–Crippen MR) is 99.2 cm³/mol. The summed E-state index contributed by atoms with van der Waals surface area (Å²) in [5.41, 5.74) is 1.89. The normalized spacial score (nSPS) is 20.4. The van der Waals surface area contributed by atoms with E-state index in [1.165, 1.54) is 5.56 Å². The maximum absolute atomic E-state index is 12.7. The van der Waals surface area contributed by atoms with E-state index >= 15 is 0 Å². The molecule has 1 heterocycles. The first-order valence-corrected chi connectivity index (χ1v) is 10.8. The van der Waals surface area contributed by atoms with Gasteiger partial charge in [-0.1, -0.05) is 38.8 Å². The van der Waals surface area contributed by atoms with Crippen LogP contribution in [-0.2, 0) is 10.0 Å². The van der Waals surface area contributed by atoms with Crippen molar-refractivity contribution in [3.63, 3.8) is 0 Å². The van der Waals surface area contributed by atoms with Gasteiger partial charge in [-0.05, 0) is 36.5 Å². The zero-order valence-corrected chi connectivity index (χ0v) is 16.0. The first-order valence-electron chi connectivity index (χ1n) is 9.28. The summed E-state index contributed by atoms with van der Waals surface area (Å²) in [7, 11) is -3.20. The molecule has 3 rings (SSSR count). The quantitative estimate of drug-likeness (QED) is 0.825. The molecule has 0 unspecified atom stereocenters. The van der Waals surface area contributed by atoms with Crippen molar-refractivity contribution in [3.8, 4) is 0 Å². The van der Waals surface area contributed by atoms with Gasteiger partial charge in [0.15, 0.2) is 0 Å². The Labute approximate surface area is 151 Å². The van der Waals surface area contributed by atoms with Crippen molar-refractivity contribution in [2.24, 2.45) is 0 Å². The molecule has 0 atom stereocenters. The standard InChI is InChI=1S/C19H28N2O3S/c1-15(2)16-7-9-17(10-8-16)19(22)20-11-13-21(14-12-20)25(23,24)18-5-3-4-6-18/h7-10,15,18H,3-6,11-14H2,1-2H3. The third-order valence-electron chi connectivity index (χ3n) is 5.43. The van der Waals surface area contributed by atoms with E-state index < -0.39 is 10.0 Å². The highest BCUT2D eigenvalue weighted by Crippen LogP contribution is 2.27. The number of sulfonamides is 1. The number of hydrogen-bond acceptors (Lipinski definition) is 3. The van der Waals surface area contributed by atoms with Gasteiger partial charge in [0.2, 0.25) is 10.0 Å². The Morgan fingerprint density at radius 1 is 1.00 bits per heavy atom. The lowest BCUT2D eigenvalue weighted by Crippen LogP contribution is -2.52. The third-order valence-corrected chi connectivity index (χ3v) is 7.83. The molecule has 138 valence electrons. The van der Waals surface area contributed by atoms with E-state index in [9.17, 15) is 13.2 Å². The molecule has 1 aromatic rings. The van der Waals surface area contributed by atoms with Crippen LogP contribution in [0.4, 0.5) is 0 Å². The van der Waals surface area contributed by atoms with Crippen LogP contribution in [0.2, 0.25) is 0 Å². The van der Waals surface area contributed by atoms with Crippen LogP contribution in [0.5, 0.6) is 0 Å². The fourth-order valence-electron chi connectivity index (χ4n) is 3.74. The highest BCUT2D eigenvalue weighted by Gasteiger charge is 2.36. The number of carbonyl (C=O) groups is 1. The van der Waals surface area contributed by atoms with Crippen molar-refractivity contribution in [2.45, 2.75) is 50.7 Å². The Hall–Kier alpha value is -1.40. The minimum Gasteiger partial charge on any atom is -0.336 e. The van der Waals surface area contributed by atoms with Crippen molar-refractivity contribution in [3.05, 3.63) is 35.4 Å². The minimum atomic E-state index is -3.20. The molecule has 1 amide bonds. The van der Waals surface area contributed by atoms with E-state index in [2.05, 4.69) is 13.8 Å². The average Bonchev–Trinajstić information content (AvgIpc) is 3.17. The molecule has 0 N–H and O–H groups in total. The molecule has 1 saturated heterocycles. The number of piperazine rings is 1. The molecule has 6 heteroatoms. The summed E-state index contributed by atoms with van der Waals surface area (Å²) < 4.78 is 26.9. The van der Waals surface area contributed by atoms with Gasteiger partial charge in [-0.25, -0.2) is 8.42 Å². The van der Waals surface area contributed by atoms with Crippen LogP contribution < -0.4 is 0 Å². The van der Waals surface area contributed by atoms with Gasteiger partial charge in [0.1, 0.15) is 0 Å². The molecule has 5 nitrogen and oxygen atoms in total. The largest absolute Gasteiger partial charge is 0.336 e. The van der Waals surface area contributed by atoms with Crippen LogP contribution in [0.1, 0.15) is 61.4 Å². The van der Waals surface area contributed by atoms with Crippen molar-refractivity contribution in [1.82, 2.24) is 9.21 Å². The van der Waals surface area contributed by atoms with Gasteiger partial charge in [0.25, 0.3) is 5.91 Å². The predicted octanol–water partition coefficient (Wildman–Crippen LogP) is 2.84. The fourth-order valence-corrected chi connectivity index (χ4v) is 5.76. The summed E-state index contributed by atoms with van der Waals surface area (Å²) in [6.45, 7) is 6.01. The molecule has 2 aliphatic rings. The molecule has 1 aromatic carbocycles. The van der Waals surface area contributed by atoms with Gasteiger partial charge in [-0.2, -0.15) is 4.31 Å². The monoisotopic (exact) mass is 364 g/mol. The zero-order valence-electron chi connectivity index (χ0n) is 15.1. The fraction of sp³-hybridized carbons (Fsp3) is 0.632. The molecule has 25 heavy (non-hydrogen) atoms. The lowest BCUT2D eigenvalue weighted by molar-refractivity contribution is 0.0697. The minimum absolute atomic E-state index is 0.00628. The van der Waals surface area contributed by atoms with Gasteiger partial charge < -0.3 is 4.90 Å². The molecule has 1 aliphatic heterocycles. The summed E-state index contributed by atoms with van der Waals surface area (Å²) in [4.78, 5) is 14.4. The van der Waals surface area contributed by atoms with Gasteiger partial charge in [0, 0.05) is 31.7 Å². The molecule has 0 radical (unpaired) electrons. The molecule has 0 bridgehead atoms. The summed E-state index contributed by atoms with van der Waals surface area (Å²) >= 11 is 0. The Kier molecular flexibility index (Phi) is 5.49. The third kappa shape index (κ3) is 3.90. The highest BCUT2D eigenvalue weighted by atomic mass is 32.2. The maximum Gasteiger partial charge on any atom is 0.253 e. The second kappa shape index (κ2) is 7.46. The number of amides is 1. The second-order valence-electron chi connectivity index (χ2n) is 7.42. The molecular formula is C19H28N2O3S. The number of benzene rings is 1. The molecule has 1 saturated carbocycles. The summed E-state index contributed by atoms with van der Waals surface area (Å²) in [6, 6.07) is 7.75. The molecule has 1 aliphatic carbocycles. The second-order valence-corrected chi connectivity index (χ2v) is 9.63. The van der Waals surface area contributed by atoms with Crippen LogP contribution in [0.3, 0.4) is 0 Å². The Balaban J connectivity index is 1.60. The van der Waals surface area contributed by atoms with Crippen molar-refractivity contribution < 1.29 is 13.2 Å². The topological polar surface area (TPSA) is 57.7 Å². The summed E-state index contributed by atoms with van der Waals surface area (Å²) in [6.07, 6.45) is 3.58. The molecule has 0 spiro atoms. The van der Waals surface area contributed by atoms with E-state index in [1.54, 1.807) is 9.21 Å². The van der Waals surface area contributed by atoms with Gasteiger partial charge in [0.05, 0.1) is 5.25 Å². The van der Waals surface area contributed by atoms with Crippen LogP contribution in [0.25, 0.3) is 0 Å². The van der Waals surface area contributed by atoms with E-state index in [0.29, 0.717) is 37.7 Å². The first-order chi connectivity index (χ1) is 11.9. The average molecular weight is 365 g/mol. The highest BCUT2D eigenvalue weighted by molar-refractivity contribution is 7.89. The van der Waals surface area contributed by atoms with Crippen molar-refractivity contribution in [2.75, 3.05) is 26.2 Å². The molecule has 0 aromatic heterocycles. The van der Waals surface area contributed by atoms with E-state index in [1.807, 2.05) is 24.3 Å². The molecular weight excluding hydrogens is 336 g/mol. The Morgan fingerprint density at radius 3 is 2.08 bits per heavy atom. The van der Waals surface area contributed by atoms with Gasteiger partial charge in [-0.15, -0.1) is 0 Å². The number of carbonyl (C=O) groups excluding carboxylic acids is 1. The van der Waals surface area contributed by atoms with E-state index in [4.69, 9.17) is 0 Å². The van der Waals surface area contributed by atoms with Gasteiger partial charge >= 0.3 is 0 Å². The SMILES string of the molecule is CC(C)c1ccc(C(=O)N2CCN(S(=O)(=O)C3CCCC3)CC2)cc1.